The molecule has 0 atom stereocenters. The van der Waals surface area contributed by atoms with Crippen LogP contribution in [0.1, 0.15) is 30.1 Å². The zero-order valence-corrected chi connectivity index (χ0v) is 14.5. The van der Waals surface area contributed by atoms with Crippen LogP contribution in [0.5, 0.6) is 0 Å². The van der Waals surface area contributed by atoms with E-state index in [0.29, 0.717) is 5.92 Å². The number of benzene rings is 1. The normalized spacial score (nSPS) is 18.5. The van der Waals surface area contributed by atoms with E-state index in [0.717, 1.165) is 48.8 Å². The quantitative estimate of drug-likeness (QED) is 0.682. The smallest absolute Gasteiger partial charge is 0.178 e. The third kappa shape index (κ3) is 2.24. The van der Waals surface area contributed by atoms with Gasteiger partial charge in [0.15, 0.2) is 11.5 Å². The summed E-state index contributed by atoms with van der Waals surface area (Å²) in [5.74, 6) is 2.43. The van der Waals surface area contributed by atoms with Gasteiger partial charge in [-0.2, -0.15) is 9.61 Å². The summed E-state index contributed by atoms with van der Waals surface area (Å²) in [6, 6.07) is 10.7. The average Bonchev–Trinajstić information content (AvgIpc) is 3.03. The lowest BCUT2D eigenvalue weighted by molar-refractivity contribution is 0.250. The Morgan fingerprint density at radius 3 is 2.83 bits per heavy atom. The number of rotatable bonds is 1. The zero-order chi connectivity index (χ0) is 16.1. The van der Waals surface area contributed by atoms with Gasteiger partial charge in [-0.25, -0.2) is 0 Å². The summed E-state index contributed by atoms with van der Waals surface area (Å²) in [6.07, 6.45) is 2.25. The number of hydrogen-bond donors (Lipinski definition) is 0. The maximum Gasteiger partial charge on any atom is 0.178 e. The van der Waals surface area contributed by atoms with Crippen molar-refractivity contribution in [3.8, 4) is 11.3 Å². The molecule has 5 nitrogen and oxygen atoms in total. The lowest BCUT2D eigenvalue weighted by Crippen LogP contribution is -2.30. The van der Waals surface area contributed by atoms with E-state index in [2.05, 4.69) is 52.5 Å². The molecule has 2 aliphatic rings. The first-order valence-electron chi connectivity index (χ1n) is 8.45. The molecule has 6 heteroatoms. The molecule has 4 heterocycles. The molecule has 0 aliphatic carbocycles. The highest BCUT2D eigenvalue weighted by atomic mass is 32.2. The fraction of sp³-hybridized carbons (Fsp3) is 0.389. The molecule has 2 aromatic heterocycles. The first-order chi connectivity index (χ1) is 11.8. The van der Waals surface area contributed by atoms with Crippen LogP contribution in [0.25, 0.3) is 16.9 Å². The molecule has 1 fully saturated rings. The third-order valence-electron chi connectivity index (χ3n) is 5.11. The molecular formula is C18H19N5S. The number of hydrogen-bond acceptors (Lipinski definition) is 5. The third-order valence-corrected chi connectivity index (χ3v) is 6.23. The summed E-state index contributed by atoms with van der Waals surface area (Å²) < 4.78 is 1.99. The van der Waals surface area contributed by atoms with E-state index in [1.54, 1.807) is 0 Å². The second-order valence-electron chi connectivity index (χ2n) is 6.71. The van der Waals surface area contributed by atoms with Crippen LogP contribution in [0.3, 0.4) is 0 Å². The topological polar surface area (TPSA) is 46.3 Å². The van der Waals surface area contributed by atoms with Crippen molar-refractivity contribution in [2.45, 2.75) is 29.4 Å². The van der Waals surface area contributed by atoms with E-state index in [1.165, 1.54) is 16.0 Å². The summed E-state index contributed by atoms with van der Waals surface area (Å²) in [5.41, 5.74) is 4.45. The van der Waals surface area contributed by atoms with Gasteiger partial charge >= 0.3 is 0 Å². The van der Waals surface area contributed by atoms with Crippen molar-refractivity contribution in [2.75, 3.05) is 20.1 Å². The van der Waals surface area contributed by atoms with Gasteiger partial charge in [0.1, 0.15) is 0 Å². The highest BCUT2D eigenvalue weighted by Crippen LogP contribution is 2.40. The molecule has 3 aromatic rings. The highest BCUT2D eigenvalue weighted by molar-refractivity contribution is 7.98. The summed E-state index contributed by atoms with van der Waals surface area (Å²) in [6.45, 7) is 2.23. The molecule has 1 aromatic carbocycles. The largest absolute Gasteiger partial charge is 0.306 e. The van der Waals surface area contributed by atoms with Crippen LogP contribution in [0, 0.1) is 0 Å². The summed E-state index contributed by atoms with van der Waals surface area (Å²) in [4.78, 5) is 3.69. The Bertz CT molecular complexity index is 911. The minimum absolute atomic E-state index is 0.454. The molecule has 2 aliphatic heterocycles. The van der Waals surface area contributed by atoms with Crippen molar-refractivity contribution in [2.24, 2.45) is 0 Å². The Kier molecular flexibility index (Phi) is 3.35. The molecule has 0 unspecified atom stereocenters. The maximum absolute atomic E-state index is 4.98. The molecule has 0 spiro atoms. The number of aromatic nitrogens is 4. The van der Waals surface area contributed by atoms with Crippen LogP contribution in [-0.2, 0) is 5.75 Å². The molecule has 0 bridgehead atoms. The monoisotopic (exact) mass is 337 g/mol. The number of likely N-dealkylation sites (tertiary alicyclic amines) is 1. The van der Waals surface area contributed by atoms with E-state index in [4.69, 9.17) is 5.10 Å². The standard InChI is InChI=1S/C18H19N5S/c1-22-8-6-12(7-9-22)18-20-19-16-10-13-11-24-15-5-3-2-4-14(15)17(13)21-23(16)18/h2-5,10,12H,6-9,11H2,1H3. The van der Waals surface area contributed by atoms with E-state index in [1.807, 2.05) is 16.3 Å². The first-order valence-corrected chi connectivity index (χ1v) is 9.44. The number of thioether (sulfide) groups is 1. The minimum Gasteiger partial charge on any atom is -0.306 e. The van der Waals surface area contributed by atoms with Crippen molar-refractivity contribution in [1.82, 2.24) is 24.7 Å². The fourth-order valence-corrected chi connectivity index (χ4v) is 4.71. The fourth-order valence-electron chi connectivity index (χ4n) is 3.69. The van der Waals surface area contributed by atoms with Gasteiger partial charge in [0.2, 0.25) is 0 Å². The van der Waals surface area contributed by atoms with Crippen molar-refractivity contribution in [1.29, 1.82) is 0 Å². The van der Waals surface area contributed by atoms with Crippen LogP contribution in [0.4, 0.5) is 0 Å². The molecule has 0 N–H and O–H groups in total. The zero-order valence-electron chi connectivity index (χ0n) is 13.6. The van der Waals surface area contributed by atoms with Crippen LogP contribution in [0.15, 0.2) is 35.2 Å². The van der Waals surface area contributed by atoms with Crippen molar-refractivity contribution in [3.05, 3.63) is 41.7 Å². The van der Waals surface area contributed by atoms with Crippen LogP contribution in [-0.4, -0.2) is 44.8 Å². The van der Waals surface area contributed by atoms with Gasteiger partial charge in [-0.15, -0.1) is 22.0 Å². The molecule has 0 saturated carbocycles. The molecule has 5 rings (SSSR count). The van der Waals surface area contributed by atoms with Gasteiger partial charge in [-0.3, -0.25) is 0 Å². The van der Waals surface area contributed by atoms with Crippen LogP contribution in [0.2, 0.25) is 0 Å². The lowest BCUT2D eigenvalue weighted by Gasteiger charge is -2.27. The molecule has 0 radical (unpaired) electrons. The van der Waals surface area contributed by atoms with E-state index < -0.39 is 0 Å². The minimum atomic E-state index is 0.454. The predicted octanol–water partition coefficient (Wildman–Crippen LogP) is 3.21. The maximum atomic E-state index is 4.98. The Hall–Kier alpha value is -1.92. The Morgan fingerprint density at radius 1 is 1.12 bits per heavy atom. The molecule has 24 heavy (non-hydrogen) atoms. The second-order valence-corrected chi connectivity index (χ2v) is 7.73. The molecule has 0 amide bonds. The average molecular weight is 337 g/mol. The van der Waals surface area contributed by atoms with Gasteiger partial charge in [0.05, 0.1) is 5.69 Å². The van der Waals surface area contributed by atoms with Gasteiger partial charge < -0.3 is 4.90 Å². The van der Waals surface area contributed by atoms with Gasteiger partial charge in [-0.1, -0.05) is 18.2 Å². The Morgan fingerprint density at radius 2 is 1.96 bits per heavy atom. The number of nitrogens with zero attached hydrogens (tertiary/aromatic N) is 5. The van der Waals surface area contributed by atoms with Gasteiger partial charge in [0.25, 0.3) is 0 Å². The first kappa shape index (κ1) is 14.4. The van der Waals surface area contributed by atoms with E-state index in [9.17, 15) is 0 Å². The van der Waals surface area contributed by atoms with Crippen LogP contribution >= 0.6 is 11.8 Å². The highest BCUT2D eigenvalue weighted by Gasteiger charge is 2.25. The van der Waals surface area contributed by atoms with Crippen molar-refractivity contribution in [3.63, 3.8) is 0 Å². The second kappa shape index (κ2) is 5.57. The van der Waals surface area contributed by atoms with E-state index >= 15 is 0 Å². The molecular weight excluding hydrogens is 318 g/mol. The SMILES string of the molecule is CN1CCC(c2nnc3cc4c(nn23)-c2ccccc2SC4)CC1. The van der Waals surface area contributed by atoms with Gasteiger partial charge in [-0.05, 0) is 50.7 Å². The summed E-state index contributed by atoms with van der Waals surface area (Å²) in [7, 11) is 2.18. The summed E-state index contributed by atoms with van der Waals surface area (Å²) >= 11 is 1.87. The van der Waals surface area contributed by atoms with Gasteiger partial charge in [0, 0.05) is 22.1 Å². The number of fused-ring (bicyclic) bond motifs is 4. The molecule has 1 saturated heterocycles. The summed E-state index contributed by atoms with van der Waals surface area (Å²) in [5, 5.41) is 13.9. The van der Waals surface area contributed by atoms with E-state index in [-0.39, 0.29) is 0 Å². The Labute approximate surface area is 145 Å². The lowest BCUT2D eigenvalue weighted by atomic mass is 9.96. The van der Waals surface area contributed by atoms with Crippen LogP contribution < -0.4 is 0 Å². The predicted molar refractivity (Wildman–Crippen MR) is 95.3 cm³/mol. The molecule has 122 valence electrons. The van der Waals surface area contributed by atoms with Crippen molar-refractivity contribution >= 4 is 17.4 Å². The Balaban J connectivity index is 1.63. The number of piperidine rings is 1. The van der Waals surface area contributed by atoms with Crippen molar-refractivity contribution < 1.29 is 0 Å².